The average molecular weight is 508 g/mol. The van der Waals surface area contributed by atoms with Gasteiger partial charge in [-0.25, -0.2) is 0 Å². The van der Waals surface area contributed by atoms with E-state index in [0.717, 1.165) is 39.7 Å². The third kappa shape index (κ3) is 3.77. The van der Waals surface area contributed by atoms with E-state index in [-0.39, 0.29) is 17.2 Å². The van der Waals surface area contributed by atoms with Crippen molar-refractivity contribution in [3.8, 4) is 6.07 Å². The minimum absolute atomic E-state index is 0.0962. The number of allylic oxidation sites excluding steroid dienone is 1. The minimum Gasteiger partial charge on any atom is -0.373 e. The number of nitrogens with one attached hydrogen (secondary N) is 1. The molecule has 0 amide bonds. The summed E-state index contributed by atoms with van der Waals surface area (Å²) in [6, 6.07) is 31.0. The third-order valence-corrected chi connectivity index (χ3v) is 8.35. The minimum atomic E-state index is -0.241. The van der Waals surface area contributed by atoms with Gasteiger partial charge in [-0.15, -0.1) is 0 Å². The van der Waals surface area contributed by atoms with Crippen LogP contribution in [0, 0.1) is 16.7 Å². The molecule has 0 saturated carbocycles. The summed E-state index contributed by atoms with van der Waals surface area (Å²) in [7, 11) is 0. The highest BCUT2D eigenvalue weighted by Gasteiger charge is 2.41. The Morgan fingerprint density at radius 3 is 2.51 bits per heavy atom. The van der Waals surface area contributed by atoms with E-state index < -0.39 is 0 Å². The number of rotatable bonds is 3. The molecular weight excluding hydrogens is 478 g/mol. The van der Waals surface area contributed by atoms with Crippen molar-refractivity contribution in [2.75, 3.05) is 5.32 Å². The number of hydrogen-bond acceptors (Lipinski definition) is 3. The number of benzene rings is 4. The summed E-state index contributed by atoms with van der Waals surface area (Å²) in [6.45, 7) is 5.00. The highest BCUT2D eigenvalue weighted by molar-refractivity contribution is 6.13. The number of carbonyl (C=O) groups is 1. The number of para-hydroxylation sites is 1. The maximum absolute atomic E-state index is 14.0. The van der Waals surface area contributed by atoms with E-state index in [0.29, 0.717) is 18.5 Å². The van der Waals surface area contributed by atoms with Gasteiger partial charge < -0.3 is 9.88 Å². The fourth-order valence-corrected chi connectivity index (χ4v) is 6.66. The second kappa shape index (κ2) is 8.71. The second-order valence-corrected chi connectivity index (χ2v) is 11.6. The fraction of sp³-hybridized carbons (Fsp3) is 0.200. The van der Waals surface area contributed by atoms with Gasteiger partial charge in [0, 0.05) is 52.5 Å². The Kier molecular flexibility index (Phi) is 5.25. The molecule has 0 saturated heterocycles. The molecular formula is C35H29N3O. The van der Waals surface area contributed by atoms with Crippen LogP contribution in [-0.2, 0) is 11.3 Å². The summed E-state index contributed by atoms with van der Waals surface area (Å²) < 4.78 is 2.22. The Morgan fingerprint density at radius 2 is 1.67 bits per heavy atom. The quantitative estimate of drug-likeness (QED) is 0.269. The Hall–Kier alpha value is -4.62. The van der Waals surface area contributed by atoms with Crippen LogP contribution >= 0.6 is 0 Å². The zero-order valence-corrected chi connectivity index (χ0v) is 22.2. The molecule has 7 rings (SSSR count). The van der Waals surface area contributed by atoms with Gasteiger partial charge in [0.1, 0.15) is 0 Å². The number of Topliss-reactive ketones (excluding diaryl/α,β-unsaturated/α-hetero) is 1. The van der Waals surface area contributed by atoms with Crippen molar-refractivity contribution in [1.82, 2.24) is 4.57 Å². The highest BCUT2D eigenvalue weighted by Crippen LogP contribution is 2.52. The highest BCUT2D eigenvalue weighted by atomic mass is 16.1. The Labute approximate surface area is 228 Å². The van der Waals surface area contributed by atoms with E-state index >= 15 is 0 Å². The Morgan fingerprint density at radius 1 is 0.923 bits per heavy atom. The molecule has 0 unspecified atom stereocenters. The van der Waals surface area contributed by atoms with Crippen LogP contribution < -0.4 is 5.32 Å². The summed E-state index contributed by atoms with van der Waals surface area (Å²) >= 11 is 0. The molecule has 1 atom stereocenters. The number of fused-ring (bicyclic) bond motifs is 5. The summed E-state index contributed by atoms with van der Waals surface area (Å²) in [5.74, 6) is 0.226. The van der Waals surface area contributed by atoms with E-state index in [1.165, 1.54) is 21.9 Å². The summed E-state index contributed by atoms with van der Waals surface area (Å²) in [4.78, 5) is 14.0. The van der Waals surface area contributed by atoms with Gasteiger partial charge in [-0.05, 0) is 51.9 Å². The SMILES string of the molecule is CC1(C)CC(=O)C2=C(C1)c1c(ccc3ccccc13)N[C@@H]2c1cn(Cc2ccccc2C#N)c2ccccc12. The van der Waals surface area contributed by atoms with Gasteiger partial charge >= 0.3 is 0 Å². The van der Waals surface area contributed by atoms with Gasteiger partial charge in [-0.3, -0.25) is 4.79 Å². The molecule has 5 aromatic rings. The monoisotopic (exact) mass is 507 g/mol. The first-order chi connectivity index (χ1) is 18.9. The van der Waals surface area contributed by atoms with Crippen molar-refractivity contribution in [2.45, 2.75) is 39.3 Å². The van der Waals surface area contributed by atoms with Crippen molar-refractivity contribution in [2.24, 2.45) is 5.41 Å². The molecule has 2 heterocycles. The molecule has 0 fully saturated rings. The average Bonchev–Trinajstić information content (AvgIpc) is 3.30. The second-order valence-electron chi connectivity index (χ2n) is 11.6. The van der Waals surface area contributed by atoms with Crippen molar-refractivity contribution >= 4 is 38.7 Å². The van der Waals surface area contributed by atoms with Gasteiger partial charge in [0.15, 0.2) is 5.78 Å². The van der Waals surface area contributed by atoms with Gasteiger partial charge in [0.2, 0.25) is 0 Å². The van der Waals surface area contributed by atoms with Gasteiger partial charge in [-0.1, -0.05) is 80.6 Å². The zero-order chi connectivity index (χ0) is 26.7. The molecule has 39 heavy (non-hydrogen) atoms. The van der Waals surface area contributed by atoms with Crippen LogP contribution in [-0.4, -0.2) is 10.4 Å². The smallest absolute Gasteiger partial charge is 0.162 e. The molecule has 0 spiro atoms. The molecule has 4 nitrogen and oxygen atoms in total. The van der Waals surface area contributed by atoms with Crippen molar-refractivity contribution in [3.63, 3.8) is 0 Å². The summed E-state index contributed by atoms with van der Waals surface area (Å²) in [5, 5.41) is 17.0. The number of nitriles is 1. The number of ketones is 1. The standard InChI is InChI=1S/C35H29N3O/c1-35(2)17-27-32-25-12-6-5-9-22(25)15-16-29(32)37-34(33(27)31(39)18-35)28-21-38(30-14-8-7-13-26(28)30)20-24-11-4-3-10-23(24)19-36/h3-16,21,34,37H,17-18,20H2,1-2H3/t34-/m1/s1. The zero-order valence-electron chi connectivity index (χ0n) is 22.2. The lowest BCUT2D eigenvalue weighted by molar-refractivity contribution is -0.118. The summed E-state index contributed by atoms with van der Waals surface area (Å²) in [6.07, 6.45) is 3.58. The van der Waals surface area contributed by atoms with Crippen LogP contribution in [0.4, 0.5) is 5.69 Å². The lowest BCUT2D eigenvalue weighted by Crippen LogP contribution is -2.33. The van der Waals surface area contributed by atoms with Crippen LogP contribution in [0.25, 0.3) is 27.2 Å². The number of anilines is 1. The molecule has 2 aliphatic rings. The first kappa shape index (κ1) is 23.5. The molecule has 190 valence electrons. The van der Waals surface area contributed by atoms with E-state index in [1.807, 2.05) is 30.3 Å². The van der Waals surface area contributed by atoms with Gasteiger partial charge in [0.25, 0.3) is 0 Å². The summed E-state index contributed by atoms with van der Waals surface area (Å²) in [5.41, 5.74) is 8.09. The van der Waals surface area contributed by atoms with Crippen LogP contribution in [0.3, 0.4) is 0 Å². The predicted octanol–water partition coefficient (Wildman–Crippen LogP) is 8.02. The molecule has 1 aliphatic carbocycles. The number of aromatic nitrogens is 1. The topological polar surface area (TPSA) is 57.8 Å². The molecule has 1 aromatic heterocycles. The maximum atomic E-state index is 14.0. The fourth-order valence-electron chi connectivity index (χ4n) is 6.66. The maximum Gasteiger partial charge on any atom is 0.162 e. The number of nitrogens with zero attached hydrogens (tertiary/aromatic N) is 2. The van der Waals surface area contributed by atoms with Gasteiger partial charge in [-0.2, -0.15) is 5.26 Å². The lowest BCUT2D eigenvalue weighted by Gasteiger charge is -2.40. The molecule has 1 N–H and O–H groups in total. The lowest BCUT2D eigenvalue weighted by atomic mass is 9.68. The van der Waals surface area contributed by atoms with Crippen LogP contribution in [0.1, 0.15) is 55.0 Å². The van der Waals surface area contributed by atoms with Crippen LogP contribution in [0.2, 0.25) is 0 Å². The van der Waals surface area contributed by atoms with Crippen molar-refractivity contribution in [3.05, 3.63) is 119 Å². The molecule has 4 aromatic carbocycles. The van der Waals surface area contributed by atoms with E-state index in [4.69, 9.17) is 0 Å². The van der Waals surface area contributed by atoms with Gasteiger partial charge in [0.05, 0.1) is 17.7 Å². The van der Waals surface area contributed by atoms with E-state index in [2.05, 4.69) is 90.6 Å². The predicted molar refractivity (Wildman–Crippen MR) is 157 cm³/mol. The third-order valence-electron chi connectivity index (χ3n) is 8.35. The largest absolute Gasteiger partial charge is 0.373 e. The van der Waals surface area contributed by atoms with Crippen LogP contribution in [0.15, 0.2) is 96.7 Å². The van der Waals surface area contributed by atoms with E-state index in [1.54, 1.807) is 0 Å². The number of hydrogen-bond donors (Lipinski definition) is 1. The Bertz CT molecular complexity index is 1880. The normalized spacial score (nSPS) is 18.0. The molecule has 4 heteroatoms. The van der Waals surface area contributed by atoms with Crippen molar-refractivity contribution < 1.29 is 4.79 Å². The first-order valence-electron chi connectivity index (χ1n) is 13.5. The molecule has 0 radical (unpaired) electrons. The molecule has 0 bridgehead atoms. The van der Waals surface area contributed by atoms with Crippen LogP contribution in [0.5, 0.6) is 0 Å². The van der Waals surface area contributed by atoms with Crippen molar-refractivity contribution in [1.29, 1.82) is 5.26 Å². The van der Waals surface area contributed by atoms with E-state index in [9.17, 15) is 10.1 Å². The Balaban J connectivity index is 1.45. The number of carbonyl (C=O) groups excluding carboxylic acids is 1. The first-order valence-corrected chi connectivity index (χ1v) is 13.5. The molecule has 1 aliphatic heterocycles.